The molecule has 0 spiro atoms. The van der Waals surface area contributed by atoms with Crippen LogP contribution in [0, 0.1) is 0 Å². The van der Waals surface area contributed by atoms with Gasteiger partial charge in [0.1, 0.15) is 6.61 Å². The van der Waals surface area contributed by atoms with Crippen LogP contribution in [-0.4, -0.2) is 49.3 Å². The highest BCUT2D eigenvalue weighted by Gasteiger charge is 2.25. The lowest BCUT2D eigenvalue weighted by molar-refractivity contribution is -0.161. The van der Waals surface area contributed by atoms with Gasteiger partial charge < -0.3 is 20.1 Å². The second kappa shape index (κ2) is 42.3. The Kier molecular flexibility index (Phi) is 39.8. The third-order valence-corrected chi connectivity index (χ3v) is 9.14. The maximum absolute atomic E-state index is 12.6. The van der Waals surface area contributed by atoms with Gasteiger partial charge in [0.05, 0.1) is 13.2 Å². The van der Waals surface area contributed by atoms with E-state index in [2.05, 4.69) is 123 Å². The molecule has 0 aliphatic heterocycles. The summed E-state index contributed by atoms with van der Waals surface area (Å²) in [5.41, 5.74) is 5.34. The lowest BCUT2D eigenvalue weighted by Crippen LogP contribution is -2.29. The normalized spacial score (nSPS) is 14.4. The highest BCUT2D eigenvalue weighted by molar-refractivity contribution is 7.47. The van der Waals surface area contributed by atoms with Crippen LogP contribution in [0.15, 0.2) is 109 Å². The van der Waals surface area contributed by atoms with Gasteiger partial charge in [-0.2, -0.15) is 0 Å². The lowest BCUT2D eigenvalue weighted by atomic mass is 10.1. The molecule has 2 unspecified atom stereocenters. The molecule has 3 N–H and O–H groups in total. The fraction of sp³-hybridized carbons (Fsp3) is 0.574. The van der Waals surface area contributed by atoms with Crippen LogP contribution in [0.3, 0.4) is 0 Å². The van der Waals surface area contributed by atoms with Gasteiger partial charge in [-0.25, -0.2) is 4.57 Å². The molecule has 0 aliphatic carbocycles. The van der Waals surface area contributed by atoms with E-state index in [-0.39, 0.29) is 32.6 Å². The van der Waals surface area contributed by atoms with E-state index in [1.807, 2.05) is 0 Å². The fourth-order valence-electron chi connectivity index (χ4n) is 5.06. The van der Waals surface area contributed by atoms with Crippen LogP contribution in [0.4, 0.5) is 0 Å². The quantitative estimate of drug-likeness (QED) is 0.0270. The first kappa shape index (κ1) is 53.7. The lowest BCUT2D eigenvalue weighted by Gasteiger charge is -2.19. The molecular formula is C47H76NO8P. The smallest absolute Gasteiger partial charge is 0.462 e. The number of hydrogen-bond acceptors (Lipinski definition) is 8. The van der Waals surface area contributed by atoms with Crippen molar-refractivity contribution < 1.29 is 37.6 Å². The van der Waals surface area contributed by atoms with Gasteiger partial charge in [0.2, 0.25) is 0 Å². The van der Waals surface area contributed by atoms with Crippen LogP contribution in [0.25, 0.3) is 0 Å². The van der Waals surface area contributed by atoms with Crippen molar-refractivity contribution in [2.45, 2.75) is 148 Å². The van der Waals surface area contributed by atoms with Crippen LogP contribution in [0.1, 0.15) is 142 Å². The van der Waals surface area contributed by atoms with Crippen molar-refractivity contribution in [3.05, 3.63) is 109 Å². The van der Waals surface area contributed by atoms with E-state index in [9.17, 15) is 19.0 Å². The number of phosphoric acid groups is 1. The number of carbonyl (C=O) groups excluding carboxylic acids is 2. The van der Waals surface area contributed by atoms with Crippen LogP contribution >= 0.6 is 7.82 Å². The van der Waals surface area contributed by atoms with Gasteiger partial charge in [-0.05, 0) is 96.3 Å². The molecule has 57 heavy (non-hydrogen) atoms. The number of ether oxygens (including phenoxy) is 2. The molecule has 9 nitrogen and oxygen atoms in total. The molecular weight excluding hydrogens is 737 g/mol. The number of unbranched alkanes of at least 4 members (excludes halogenated alkanes) is 7. The average Bonchev–Trinajstić information content (AvgIpc) is 3.20. The molecule has 322 valence electrons. The summed E-state index contributed by atoms with van der Waals surface area (Å²) in [7, 11) is -4.40. The summed E-state index contributed by atoms with van der Waals surface area (Å²) in [6, 6.07) is 0. The Morgan fingerprint density at radius 1 is 0.526 bits per heavy atom. The average molecular weight is 814 g/mol. The predicted molar refractivity (Wildman–Crippen MR) is 238 cm³/mol. The predicted octanol–water partition coefficient (Wildman–Crippen LogP) is 12.4. The Morgan fingerprint density at radius 3 is 1.35 bits per heavy atom. The van der Waals surface area contributed by atoms with Gasteiger partial charge in [-0.1, -0.05) is 142 Å². The van der Waals surface area contributed by atoms with Gasteiger partial charge in [-0.3, -0.25) is 18.6 Å². The summed E-state index contributed by atoms with van der Waals surface area (Å²) in [5, 5.41) is 0. The number of carbonyl (C=O) groups is 2. The molecule has 0 bridgehead atoms. The van der Waals surface area contributed by atoms with Crippen molar-refractivity contribution in [3.8, 4) is 0 Å². The first-order chi connectivity index (χ1) is 27.8. The zero-order valence-electron chi connectivity index (χ0n) is 35.3. The SMILES string of the molecule is CC/C=C\C/C=C\C/C=C\C/C=C\C/C=C\CCCCCC(=O)OC(COC(=O)CCCCCC/C=C\C/C=C\C/C=C\C/C=C\CC)COP(=O)(O)OCCN. The van der Waals surface area contributed by atoms with Gasteiger partial charge in [0, 0.05) is 19.4 Å². The van der Waals surface area contributed by atoms with E-state index < -0.39 is 32.5 Å². The third kappa shape index (κ3) is 42.1. The molecule has 0 saturated carbocycles. The van der Waals surface area contributed by atoms with Crippen molar-refractivity contribution in [1.82, 2.24) is 0 Å². The Hall–Kier alpha value is -3.33. The molecule has 10 heteroatoms. The molecule has 0 aromatic carbocycles. The standard InChI is InChI=1S/C47H76NO8P/c1-3-5-7-9-11-13-15-17-19-21-22-24-26-28-30-32-34-36-38-40-47(50)56-45(44-55-57(51,52)54-42-41-48)43-53-46(49)39-37-35-33-31-29-27-25-23-20-18-16-14-12-10-8-6-4-2/h5-8,11-14,17-20,22,24-25,27-28,30,45H,3-4,9-10,15-16,21,23,26,29,31-44,48H2,1-2H3,(H,51,52)/b7-5-,8-6-,13-11-,14-12-,19-17-,20-18-,24-22-,27-25-,30-28-. The number of esters is 2. The summed E-state index contributed by atoms with van der Waals surface area (Å²) in [6.07, 6.45) is 55.4. The molecule has 0 aromatic heterocycles. The van der Waals surface area contributed by atoms with E-state index in [1.165, 1.54) is 0 Å². The van der Waals surface area contributed by atoms with E-state index in [0.29, 0.717) is 12.8 Å². The fourth-order valence-corrected chi connectivity index (χ4v) is 5.83. The Balaban J connectivity index is 4.31. The van der Waals surface area contributed by atoms with Crippen molar-refractivity contribution in [2.24, 2.45) is 5.73 Å². The first-order valence-electron chi connectivity index (χ1n) is 21.4. The Labute approximate surface area is 346 Å². The van der Waals surface area contributed by atoms with Crippen molar-refractivity contribution in [2.75, 3.05) is 26.4 Å². The summed E-state index contributed by atoms with van der Waals surface area (Å²) in [4.78, 5) is 34.9. The van der Waals surface area contributed by atoms with Crippen LogP contribution in [0.2, 0.25) is 0 Å². The number of hydrogen-bond donors (Lipinski definition) is 2. The number of allylic oxidation sites excluding steroid dienone is 18. The summed E-state index contributed by atoms with van der Waals surface area (Å²) in [5.74, 6) is -0.907. The Bertz CT molecular complexity index is 1290. The molecule has 0 aromatic rings. The summed E-state index contributed by atoms with van der Waals surface area (Å²) < 4.78 is 32.7. The van der Waals surface area contributed by atoms with Gasteiger partial charge in [0.25, 0.3) is 0 Å². The topological polar surface area (TPSA) is 134 Å². The highest BCUT2D eigenvalue weighted by Crippen LogP contribution is 2.43. The number of phosphoric ester groups is 1. The van der Waals surface area contributed by atoms with Gasteiger partial charge in [-0.15, -0.1) is 0 Å². The first-order valence-corrected chi connectivity index (χ1v) is 22.9. The van der Waals surface area contributed by atoms with Crippen LogP contribution in [0.5, 0.6) is 0 Å². The van der Waals surface area contributed by atoms with Gasteiger partial charge >= 0.3 is 19.8 Å². The maximum Gasteiger partial charge on any atom is 0.472 e. The highest BCUT2D eigenvalue weighted by atomic mass is 31.2. The second-order valence-corrected chi connectivity index (χ2v) is 14.9. The van der Waals surface area contributed by atoms with E-state index in [0.717, 1.165) is 103 Å². The largest absolute Gasteiger partial charge is 0.472 e. The number of rotatable bonds is 38. The van der Waals surface area contributed by atoms with Crippen molar-refractivity contribution in [3.63, 3.8) is 0 Å². The van der Waals surface area contributed by atoms with Crippen LogP contribution < -0.4 is 5.73 Å². The van der Waals surface area contributed by atoms with E-state index in [4.69, 9.17) is 24.3 Å². The summed E-state index contributed by atoms with van der Waals surface area (Å²) >= 11 is 0. The molecule has 0 amide bonds. The van der Waals surface area contributed by atoms with Crippen molar-refractivity contribution >= 4 is 19.8 Å². The minimum Gasteiger partial charge on any atom is -0.462 e. The Morgan fingerprint density at radius 2 is 0.912 bits per heavy atom. The molecule has 0 fully saturated rings. The zero-order chi connectivity index (χ0) is 41.8. The molecule has 2 atom stereocenters. The molecule has 0 heterocycles. The van der Waals surface area contributed by atoms with E-state index in [1.54, 1.807) is 0 Å². The van der Waals surface area contributed by atoms with Gasteiger partial charge in [0.15, 0.2) is 6.10 Å². The molecule has 0 rings (SSSR count). The minimum absolute atomic E-state index is 0.0372. The molecule has 0 radical (unpaired) electrons. The van der Waals surface area contributed by atoms with Crippen molar-refractivity contribution in [1.29, 1.82) is 0 Å². The van der Waals surface area contributed by atoms with E-state index >= 15 is 0 Å². The monoisotopic (exact) mass is 814 g/mol. The maximum atomic E-state index is 12.6. The molecule has 0 saturated heterocycles. The second-order valence-electron chi connectivity index (χ2n) is 13.4. The third-order valence-electron chi connectivity index (χ3n) is 8.15. The molecule has 0 aliphatic rings. The number of nitrogens with two attached hydrogens (primary N) is 1. The van der Waals surface area contributed by atoms with Crippen LogP contribution in [-0.2, 0) is 32.7 Å². The minimum atomic E-state index is -4.40. The zero-order valence-corrected chi connectivity index (χ0v) is 36.2. The summed E-state index contributed by atoms with van der Waals surface area (Å²) in [6.45, 7) is 3.40.